The number of carbonyl (C=O) groups excluding carboxylic acids is 1. The second kappa shape index (κ2) is 8.20. The third kappa shape index (κ3) is 5.29. The number of amides is 1. The zero-order valence-corrected chi connectivity index (χ0v) is 15.4. The van der Waals surface area contributed by atoms with Crippen molar-refractivity contribution in [1.82, 2.24) is 0 Å². The van der Waals surface area contributed by atoms with E-state index in [1.54, 1.807) is 43.3 Å². The van der Waals surface area contributed by atoms with Crippen LogP contribution < -0.4 is 19.7 Å². The van der Waals surface area contributed by atoms with Gasteiger partial charge in [-0.1, -0.05) is 0 Å². The van der Waals surface area contributed by atoms with E-state index in [0.717, 1.165) is 12.1 Å². The Morgan fingerprint density at radius 2 is 1.67 bits per heavy atom. The lowest BCUT2D eigenvalue weighted by molar-refractivity contribution is -0.137. The molecule has 2 aromatic carbocycles. The number of ether oxygens (including phenoxy) is 2. The molecule has 1 N–H and O–H groups in total. The summed E-state index contributed by atoms with van der Waals surface area (Å²) in [6, 6.07) is 9.83. The van der Waals surface area contributed by atoms with E-state index in [4.69, 9.17) is 9.47 Å². The molecule has 5 nitrogen and oxygen atoms in total. The fraction of sp³-hybridized carbons (Fsp3) is 0.316. The van der Waals surface area contributed by atoms with Crippen LogP contribution in [0.1, 0.15) is 12.5 Å². The highest BCUT2D eigenvalue weighted by Crippen LogP contribution is 2.35. The average Bonchev–Trinajstić information content (AvgIpc) is 2.61. The van der Waals surface area contributed by atoms with Crippen molar-refractivity contribution in [3.8, 4) is 11.5 Å². The quantitative estimate of drug-likeness (QED) is 0.814. The van der Waals surface area contributed by atoms with Crippen molar-refractivity contribution in [2.24, 2.45) is 0 Å². The van der Waals surface area contributed by atoms with Gasteiger partial charge in [-0.05, 0) is 49.4 Å². The number of rotatable bonds is 6. The summed E-state index contributed by atoms with van der Waals surface area (Å²) in [6.45, 7) is 1.52. The number of hydrogen-bond donors (Lipinski definition) is 1. The maximum absolute atomic E-state index is 13.0. The van der Waals surface area contributed by atoms with E-state index in [2.05, 4.69) is 5.32 Å². The van der Waals surface area contributed by atoms with Crippen LogP contribution in [0.2, 0.25) is 0 Å². The molecule has 0 radical (unpaired) electrons. The molecule has 0 heterocycles. The molecule has 1 atom stereocenters. The lowest BCUT2D eigenvalue weighted by atomic mass is 10.1. The number of benzene rings is 2. The van der Waals surface area contributed by atoms with Crippen molar-refractivity contribution in [2.75, 3.05) is 31.4 Å². The Hall–Kier alpha value is -2.90. The van der Waals surface area contributed by atoms with Crippen LogP contribution >= 0.6 is 0 Å². The zero-order valence-electron chi connectivity index (χ0n) is 15.4. The Labute approximate surface area is 155 Å². The maximum atomic E-state index is 13.0. The first-order valence-electron chi connectivity index (χ1n) is 8.12. The number of hydrogen-bond acceptors (Lipinski definition) is 4. The number of methoxy groups -OCH3 is 1. The Morgan fingerprint density at radius 1 is 1.07 bits per heavy atom. The highest BCUT2D eigenvalue weighted by molar-refractivity contribution is 5.97. The maximum Gasteiger partial charge on any atom is 0.416 e. The molecule has 0 fully saturated rings. The summed E-state index contributed by atoms with van der Waals surface area (Å²) < 4.78 is 49.5. The van der Waals surface area contributed by atoms with Gasteiger partial charge in [0.15, 0.2) is 6.10 Å². The topological polar surface area (TPSA) is 50.8 Å². The van der Waals surface area contributed by atoms with Gasteiger partial charge >= 0.3 is 6.18 Å². The largest absolute Gasteiger partial charge is 0.497 e. The predicted octanol–water partition coefficient (Wildman–Crippen LogP) is 4.19. The Bertz CT molecular complexity index is 790. The third-order valence-electron chi connectivity index (χ3n) is 3.81. The van der Waals surface area contributed by atoms with Crippen molar-refractivity contribution in [2.45, 2.75) is 19.2 Å². The van der Waals surface area contributed by atoms with E-state index < -0.39 is 23.8 Å². The molecule has 27 heavy (non-hydrogen) atoms. The lowest BCUT2D eigenvalue weighted by Gasteiger charge is -2.21. The first kappa shape index (κ1) is 20.4. The smallest absolute Gasteiger partial charge is 0.416 e. The molecule has 146 valence electrons. The SMILES string of the molecule is COc1ccc(OC(C)C(=O)Nc2cc(C(F)(F)F)ccc2N(C)C)cc1. The van der Waals surface area contributed by atoms with Crippen LogP contribution in [0.15, 0.2) is 42.5 Å². The molecule has 2 aromatic rings. The van der Waals surface area contributed by atoms with E-state index in [1.165, 1.54) is 20.1 Å². The van der Waals surface area contributed by atoms with E-state index in [-0.39, 0.29) is 5.69 Å². The molecule has 0 spiro atoms. The molecule has 0 aliphatic rings. The molecular weight excluding hydrogens is 361 g/mol. The third-order valence-corrected chi connectivity index (χ3v) is 3.81. The normalized spacial score (nSPS) is 12.3. The van der Waals surface area contributed by atoms with E-state index >= 15 is 0 Å². The highest BCUT2D eigenvalue weighted by Gasteiger charge is 2.31. The second-order valence-corrected chi connectivity index (χ2v) is 6.05. The van der Waals surface area contributed by atoms with Crippen molar-refractivity contribution in [3.05, 3.63) is 48.0 Å². The Kier molecular flexibility index (Phi) is 6.20. The van der Waals surface area contributed by atoms with Crippen molar-refractivity contribution < 1.29 is 27.4 Å². The minimum atomic E-state index is -4.50. The molecule has 0 bridgehead atoms. The minimum Gasteiger partial charge on any atom is -0.497 e. The molecule has 8 heteroatoms. The van der Waals surface area contributed by atoms with Gasteiger partial charge in [-0.2, -0.15) is 13.2 Å². The highest BCUT2D eigenvalue weighted by atomic mass is 19.4. The van der Waals surface area contributed by atoms with Crippen LogP contribution in [-0.4, -0.2) is 33.2 Å². The summed E-state index contributed by atoms with van der Waals surface area (Å²) in [5.74, 6) is 0.516. The van der Waals surface area contributed by atoms with Gasteiger partial charge in [0, 0.05) is 14.1 Å². The van der Waals surface area contributed by atoms with Gasteiger partial charge in [0.2, 0.25) is 0 Å². The number of nitrogens with one attached hydrogen (secondary N) is 1. The van der Waals surface area contributed by atoms with Crippen molar-refractivity contribution >= 4 is 17.3 Å². The van der Waals surface area contributed by atoms with Gasteiger partial charge in [0.05, 0.1) is 24.0 Å². The minimum absolute atomic E-state index is 0.0602. The molecule has 2 rings (SSSR count). The van der Waals surface area contributed by atoms with Crippen LogP contribution in [0.5, 0.6) is 11.5 Å². The van der Waals surface area contributed by atoms with Crippen molar-refractivity contribution in [1.29, 1.82) is 0 Å². The number of carbonyl (C=O) groups is 1. The fourth-order valence-electron chi connectivity index (χ4n) is 2.35. The monoisotopic (exact) mass is 382 g/mol. The van der Waals surface area contributed by atoms with Crippen molar-refractivity contribution in [3.63, 3.8) is 0 Å². The standard InChI is InChI=1S/C19H21F3N2O3/c1-12(27-15-8-6-14(26-4)7-9-15)18(25)23-16-11-13(19(20,21)22)5-10-17(16)24(2)3/h5-12H,1-4H3,(H,23,25). The van der Waals surface area contributed by atoms with Gasteiger partial charge in [-0.15, -0.1) is 0 Å². The summed E-state index contributed by atoms with van der Waals surface area (Å²) in [5.41, 5.74) is -0.329. The first-order chi connectivity index (χ1) is 12.6. The van der Waals surface area contributed by atoms with E-state index in [9.17, 15) is 18.0 Å². The summed E-state index contributed by atoms with van der Waals surface area (Å²) in [5, 5.41) is 2.52. The summed E-state index contributed by atoms with van der Waals surface area (Å²) in [6.07, 6.45) is -5.42. The molecule has 0 saturated carbocycles. The van der Waals surface area contributed by atoms with E-state index in [1.807, 2.05) is 0 Å². The second-order valence-electron chi connectivity index (χ2n) is 6.05. The average molecular weight is 382 g/mol. The van der Waals surface area contributed by atoms with Gasteiger partial charge in [0.1, 0.15) is 11.5 Å². The number of nitrogens with zero attached hydrogens (tertiary/aromatic N) is 1. The van der Waals surface area contributed by atoms with Gasteiger partial charge in [0.25, 0.3) is 5.91 Å². The summed E-state index contributed by atoms with van der Waals surface area (Å²) in [7, 11) is 4.88. The van der Waals surface area contributed by atoms with Crippen LogP contribution in [0.3, 0.4) is 0 Å². The fourth-order valence-corrected chi connectivity index (χ4v) is 2.35. The van der Waals surface area contributed by atoms with Crippen LogP contribution in [-0.2, 0) is 11.0 Å². The number of alkyl halides is 3. The number of anilines is 2. The molecular formula is C19H21F3N2O3. The predicted molar refractivity (Wildman–Crippen MR) is 97.5 cm³/mol. The van der Waals surface area contributed by atoms with Gasteiger partial charge < -0.3 is 19.7 Å². The van der Waals surface area contributed by atoms with E-state index in [0.29, 0.717) is 17.2 Å². The Balaban J connectivity index is 2.17. The van der Waals surface area contributed by atoms with Crippen LogP contribution in [0.25, 0.3) is 0 Å². The van der Waals surface area contributed by atoms with Gasteiger partial charge in [-0.3, -0.25) is 4.79 Å². The van der Waals surface area contributed by atoms with Gasteiger partial charge in [-0.25, -0.2) is 0 Å². The van der Waals surface area contributed by atoms with Crippen LogP contribution in [0, 0.1) is 0 Å². The first-order valence-corrected chi connectivity index (χ1v) is 8.12. The van der Waals surface area contributed by atoms with Crippen LogP contribution in [0.4, 0.5) is 24.5 Å². The molecule has 1 amide bonds. The molecule has 1 unspecified atom stereocenters. The lowest BCUT2D eigenvalue weighted by Crippen LogP contribution is -2.31. The molecule has 0 aromatic heterocycles. The summed E-state index contributed by atoms with van der Waals surface area (Å²) in [4.78, 5) is 14.0. The molecule has 0 aliphatic heterocycles. The number of halogens is 3. The summed E-state index contributed by atoms with van der Waals surface area (Å²) >= 11 is 0. The molecule has 0 aliphatic carbocycles. The molecule has 0 saturated heterocycles. The zero-order chi connectivity index (χ0) is 20.2. The Morgan fingerprint density at radius 3 is 2.19 bits per heavy atom.